The third-order valence-electron chi connectivity index (χ3n) is 3.37. The third-order valence-corrected chi connectivity index (χ3v) is 3.37. The average Bonchev–Trinajstić information content (AvgIpc) is 2.27. The highest BCUT2D eigenvalue weighted by Crippen LogP contribution is 2.17. The molecule has 2 amide bonds. The Morgan fingerprint density at radius 2 is 1.95 bits per heavy atom. The van der Waals surface area contributed by atoms with Crippen LogP contribution in [-0.4, -0.2) is 35.8 Å². The van der Waals surface area contributed by atoms with Crippen LogP contribution in [-0.2, 0) is 9.59 Å². The molecule has 19 heavy (non-hydrogen) atoms. The van der Waals surface area contributed by atoms with E-state index >= 15 is 0 Å². The summed E-state index contributed by atoms with van der Waals surface area (Å²) in [5.41, 5.74) is -0.371. The number of hydrogen-bond donors (Lipinski definition) is 1. The summed E-state index contributed by atoms with van der Waals surface area (Å²) in [5.74, 6) is 0.664. The van der Waals surface area contributed by atoms with Gasteiger partial charge in [0.2, 0.25) is 11.8 Å². The average molecular weight is 268 g/mol. The van der Waals surface area contributed by atoms with E-state index in [1.807, 2.05) is 25.7 Å². The fraction of sp³-hybridized carbons (Fsp3) is 0.867. The Kier molecular flexibility index (Phi) is 5.39. The van der Waals surface area contributed by atoms with E-state index in [0.717, 1.165) is 19.4 Å². The van der Waals surface area contributed by atoms with Gasteiger partial charge in [-0.1, -0.05) is 34.6 Å². The first-order valence-electron chi connectivity index (χ1n) is 7.29. The van der Waals surface area contributed by atoms with Gasteiger partial charge in [-0.05, 0) is 18.8 Å². The Morgan fingerprint density at radius 3 is 2.47 bits per heavy atom. The van der Waals surface area contributed by atoms with E-state index in [4.69, 9.17) is 0 Å². The minimum atomic E-state index is -0.371. The molecule has 0 aromatic heterocycles. The van der Waals surface area contributed by atoms with Crippen LogP contribution in [0.1, 0.15) is 53.9 Å². The van der Waals surface area contributed by atoms with Crippen molar-refractivity contribution >= 4 is 11.8 Å². The number of hydrogen-bond acceptors (Lipinski definition) is 2. The Balaban J connectivity index is 2.51. The third kappa shape index (κ3) is 5.21. The second kappa shape index (κ2) is 6.40. The SMILES string of the molecule is CC(C)CC(=O)N1CCCC(NC(=O)C(C)(C)C)C1. The lowest BCUT2D eigenvalue weighted by Gasteiger charge is -2.35. The summed E-state index contributed by atoms with van der Waals surface area (Å²) in [5, 5.41) is 3.06. The molecule has 0 aliphatic carbocycles. The minimum absolute atomic E-state index is 0.0654. The standard InChI is InChI=1S/C15H28N2O2/c1-11(2)9-13(18)17-8-6-7-12(10-17)16-14(19)15(3,4)5/h11-12H,6-10H2,1-5H3,(H,16,19). The highest BCUT2D eigenvalue weighted by molar-refractivity contribution is 5.82. The molecule has 4 nitrogen and oxygen atoms in total. The van der Waals surface area contributed by atoms with Crippen LogP contribution < -0.4 is 5.32 Å². The predicted octanol–water partition coefficient (Wildman–Crippen LogP) is 2.19. The number of rotatable bonds is 3. The van der Waals surface area contributed by atoms with Gasteiger partial charge in [-0.15, -0.1) is 0 Å². The maximum absolute atomic E-state index is 12.0. The molecule has 1 atom stereocenters. The molecule has 1 unspecified atom stereocenters. The van der Waals surface area contributed by atoms with Crippen LogP contribution in [0.25, 0.3) is 0 Å². The van der Waals surface area contributed by atoms with E-state index in [2.05, 4.69) is 19.2 Å². The van der Waals surface area contributed by atoms with Gasteiger partial charge in [0.15, 0.2) is 0 Å². The van der Waals surface area contributed by atoms with Crippen molar-refractivity contribution in [1.82, 2.24) is 10.2 Å². The maximum Gasteiger partial charge on any atom is 0.225 e. The van der Waals surface area contributed by atoms with Gasteiger partial charge in [0.1, 0.15) is 0 Å². The van der Waals surface area contributed by atoms with Crippen LogP contribution >= 0.6 is 0 Å². The molecule has 4 heteroatoms. The van der Waals surface area contributed by atoms with Gasteiger partial charge < -0.3 is 10.2 Å². The number of likely N-dealkylation sites (tertiary alicyclic amines) is 1. The van der Waals surface area contributed by atoms with Crippen LogP contribution in [0.3, 0.4) is 0 Å². The first-order valence-corrected chi connectivity index (χ1v) is 7.29. The Morgan fingerprint density at radius 1 is 1.32 bits per heavy atom. The largest absolute Gasteiger partial charge is 0.351 e. The lowest BCUT2D eigenvalue weighted by molar-refractivity contribution is -0.135. The summed E-state index contributed by atoms with van der Waals surface area (Å²) >= 11 is 0. The molecule has 110 valence electrons. The summed E-state index contributed by atoms with van der Waals surface area (Å²) in [7, 11) is 0. The molecule has 0 aromatic carbocycles. The van der Waals surface area contributed by atoms with E-state index in [-0.39, 0.29) is 23.3 Å². The maximum atomic E-state index is 12.0. The zero-order valence-corrected chi connectivity index (χ0v) is 13.0. The molecule has 1 aliphatic heterocycles. The van der Waals surface area contributed by atoms with Gasteiger partial charge in [0.05, 0.1) is 0 Å². The number of amides is 2. The molecule has 0 spiro atoms. The van der Waals surface area contributed by atoms with Crippen molar-refractivity contribution < 1.29 is 9.59 Å². The number of carbonyl (C=O) groups excluding carboxylic acids is 2. The second-order valence-corrected chi connectivity index (χ2v) is 7.00. The smallest absolute Gasteiger partial charge is 0.225 e. The molecule has 1 rings (SSSR count). The van der Waals surface area contributed by atoms with Crippen molar-refractivity contribution in [2.45, 2.75) is 59.9 Å². The topological polar surface area (TPSA) is 49.4 Å². The lowest BCUT2D eigenvalue weighted by atomic mass is 9.94. The van der Waals surface area contributed by atoms with E-state index in [9.17, 15) is 9.59 Å². The van der Waals surface area contributed by atoms with Crippen LogP contribution in [0.15, 0.2) is 0 Å². The highest BCUT2D eigenvalue weighted by Gasteiger charge is 2.28. The molecule has 0 saturated carbocycles. The van der Waals surface area contributed by atoms with Gasteiger partial charge in [0, 0.05) is 31.0 Å². The Labute approximate surface area is 116 Å². The zero-order valence-electron chi connectivity index (χ0n) is 13.0. The van der Waals surface area contributed by atoms with Gasteiger partial charge in [-0.3, -0.25) is 9.59 Å². The zero-order chi connectivity index (χ0) is 14.6. The van der Waals surface area contributed by atoms with Gasteiger partial charge in [-0.25, -0.2) is 0 Å². The first kappa shape index (κ1) is 16.0. The molecular formula is C15H28N2O2. The monoisotopic (exact) mass is 268 g/mol. The number of nitrogens with one attached hydrogen (secondary N) is 1. The lowest BCUT2D eigenvalue weighted by Crippen LogP contribution is -2.51. The fourth-order valence-electron chi connectivity index (χ4n) is 2.20. The molecule has 0 bridgehead atoms. The van der Waals surface area contributed by atoms with Crippen molar-refractivity contribution in [3.8, 4) is 0 Å². The molecule has 1 fully saturated rings. The summed E-state index contributed by atoms with van der Waals surface area (Å²) < 4.78 is 0. The van der Waals surface area contributed by atoms with Crippen molar-refractivity contribution in [1.29, 1.82) is 0 Å². The van der Waals surface area contributed by atoms with Crippen molar-refractivity contribution in [2.75, 3.05) is 13.1 Å². The van der Waals surface area contributed by atoms with E-state index in [0.29, 0.717) is 18.9 Å². The van der Waals surface area contributed by atoms with Crippen LogP contribution in [0.2, 0.25) is 0 Å². The quantitative estimate of drug-likeness (QED) is 0.853. The number of nitrogens with zero attached hydrogens (tertiary/aromatic N) is 1. The minimum Gasteiger partial charge on any atom is -0.351 e. The number of piperidine rings is 1. The fourth-order valence-corrected chi connectivity index (χ4v) is 2.20. The summed E-state index contributed by atoms with van der Waals surface area (Å²) in [4.78, 5) is 25.9. The van der Waals surface area contributed by atoms with Crippen LogP contribution in [0, 0.1) is 11.3 Å². The summed E-state index contributed by atoms with van der Waals surface area (Å²) in [6.07, 6.45) is 2.53. The van der Waals surface area contributed by atoms with Crippen molar-refractivity contribution in [3.05, 3.63) is 0 Å². The molecule has 1 heterocycles. The van der Waals surface area contributed by atoms with Crippen molar-refractivity contribution in [3.63, 3.8) is 0 Å². The van der Waals surface area contributed by atoms with Crippen molar-refractivity contribution in [2.24, 2.45) is 11.3 Å². The van der Waals surface area contributed by atoms with E-state index in [1.165, 1.54) is 0 Å². The Bertz CT molecular complexity index is 332. The molecular weight excluding hydrogens is 240 g/mol. The highest BCUT2D eigenvalue weighted by atomic mass is 16.2. The molecule has 1 N–H and O–H groups in total. The molecule has 1 aliphatic rings. The van der Waals surface area contributed by atoms with Crippen LogP contribution in [0.5, 0.6) is 0 Å². The summed E-state index contributed by atoms with van der Waals surface area (Å²) in [6.45, 7) is 11.3. The van der Waals surface area contributed by atoms with E-state index in [1.54, 1.807) is 0 Å². The summed E-state index contributed by atoms with van der Waals surface area (Å²) in [6, 6.07) is 0.108. The second-order valence-electron chi connectivity index (χ2n) is 7.00. The van der Waals surface area contributed by atoms with Crippen LogP contribution in [0.4, 0.5) is 0 Å². The molecule has 0 aromatic rings. The number of carbonyl (C=O) groups is 2. The predicted molar refractivity (Wildman–Crippen MR) is 76.7 cm³/mol. The molecule has 1 saturated heterocycles. The van der Waals surface area contributed by atoms with Gasteiger partial charge >= 0.3 is 0 Å². The Hall–Kier alpha value is -1.06. The van der Waals surface area contributed by atoms with E-state index < -0.39 is 0 Å². The van der Waals surface area contributed by atoms with Gasteiger partial charge in [-0.2, -0.15) is 0 Å². The normalized spacial score (nSPS) is 20.5. The van der Waals surface area contributed by atoms with Gasteiger partial charge in [0.25, 0.3) is 0 Å². The first-order chi connectivity index (χ1) is 8.70. The molecule has 0 radical (unpaired) electrons.